The molecule has 2 rings (SSSR count). The van der Waals surface area contributed by atoms with Crippen LogP contribution in [0.2, 0.25) is 0 Å². The molecule has 0 aromatic carbocycles. The summed E-state index contributed by atoms with van der Waals surface area (Å²) in [7, 11) is 0. The van der Waals surface area contributed by atoms with Crippen LogP contribution in [-0.4, -0.2) is 22.9 Å². The average Bonchev–Trinajstić information content (AvgIpc) is 2.72. The highest BCUT2D eigenvalue weighted by Crippen LogP contribution is 2.26. The summed E-state index contributed by atoms with van der Waals surface area (Å²) in [6.07, 6.45) is 16.2. The van der Waals surface area contributed by atoms with Crippen LogP contribution >= 0.6 is 0 Å². The first-order chi connectivity index (χ1) is 9.40. The third kappa shape index (κ3) is 4.98. The molecule has 1 fully saturated rings. The lowest BCUT2D eigenvalue weighted by Crippen LogP contribution is -2.16. The molecule has 0 aliphatic heterocycles. The van der Waals surface area contributed by atoms with E-state index >= 15 is 0 Å². The minimum Gasteiger partial charge on any atom is -0.317 e. The third-order valence-corrected chi connectivity index (χ3v) is 4.10. The van der Waals surface area contributed by atoms with Crippen molar-refractivity contribution in [2.24, 2.45) is 0 Å². The van der Waals surface area contributed by atoms with E-state index in [2.05, 4.69) is 34.4 Å². The number of aromatic nitrogens is 2. The van der Waals surface area contributed by atoms with E-state index in [0.717, 1.165) is 19.5 Å². The molecular formula is C16H29N3. The van der Waals surface area contributed by atoms with Crippen molar-refractivity contribution in [3.63, 3.8) is 0 Å². The van der Waals surface area contributed by atoms with Crippen LogP contribution in [0.5, 0.6) is 0 Å². The molecule has 0 unspecified atom stereocenters. The molecule has 0 atom stereocenters. The molecule has 1 aliphatic rings. The highest BCUT2D eigenvalue weighted by molar-refractivity contribution is 5.04. The zero-order valence-corrected chi connectivity index (χ0v) is 12.4. The molecule has 1 aliphatic carbocycles. The molecular weight excluding hydrogens is 234 g/mol. The normalized spacial score (nSPS) is 17.5. The van der Waals surface area contributed by atoms with Gasteiger partial charge in [-0.3, -0.25) is 4.68 Å². The van der Waals surface area contributed by atoms with Gasteiger partial charge in [-0.05, 0) is 50.8 Å². The number of nitrogens with zero attached hydrogens (tertiary/aromatic N) is 2. The van der Waals surface area contributed by atoms with Gasteiger partial charge in [-0.1, -0.05) is 32.6 Å². The van der Waals surface area contributed by atoms with E-state index in [1.165, 1.54) is 56.9 Å². The van der Waals surface area contributed by atoms with Crippen LogP contribution in [0.4, 0.5) is 0 Å². The minimum absolute atomic E-state index is 0.662. The molecule has 0 spiro atoms. The van der Waals surface area contributed by atoms with Gasteiger partial charge in [0.2, 0.25) is 0 Å². The summed E-state index contributed by atoms with van der Waals surface area (Å²) >= 11 is 0. The van der Waals surface area contributed by atoms with Crippen LogP contribution in [0.15, 0.2) is 12.4 Å². The van der Waals surface area contributed by atoms with E-state index in [1.807, 2.05) is 0 Å². The first-order valence-electron chi connectivity index (χ1n) is 8.14. The molecule has 1 heterocycles. The summed E-state index contributed by atoms with van der Waals surface area (Å²) in [5.41, 5.74) is 1.41. The molecule has 0 bridgehead atoms. The van der Waals surface area contributed by atoms with E-state index < -0.39 is 0 Å². The van der Waals surface area contributed by atoms with Crippen molar-refractivity contribution < 1.29 is 0 Å². The van der Waals surface area contributed by atoms with E-state index in [4.69, 9.17) is 0 Å². The first kappa shape index (κ1) is 14.6. The summed E-state index contributed by atoms with van der Waals surface area (Å²) in [6.45, 7) is 4.48. The van der Waals surface area contributed by atoms with Crippen molar-refractivity contribution in [2.75, 3.05) is 13.1 Å². The van der Waals surface area contributed by atoms with Crippen molar-refractivity contribution in [1.29, 1.82) is 0 Å². The standard InChI is InChI=1S/C16H29N3/c1-2-11-17-12-7-8-15-13-18-19(14-15)16-9-5-3-4-6-10-16/h13-14,16-17H,2-12H2,1H3. The molecule has 0 amide bonds. The Kier molecular flexibility index (Phi) is 6.42. The van der Waals surface area contributed by atoms with Gasteiger partial charge in [0.05, 0.1) is 12.2 Å². The van der Waals surface area contributed by atoms with Crippen LogP contribution in [0, 0.1) is 0 Å². The summed E-state index contributed by atoms with van der Waals surface area (Å²) < 4.78 is 2.24. The largest absolute Gasteiger partial charge is 0.317 e. The van der Waals surface area contributed by atoms with E-state index in [1.54, 1.807) is 0 Å². The topological polar surface area (TPSA) is 29.9 Å². The second-order valence-electron chi connectivity index (χ2n) is 5.83. The molecule has 0 radical (unpaired) electrons. The van der Waals surface area contributed by atoms with Crippen molar-refractivity contribution >= 4 is 0 Å². The van der Waals surface area contributed by atoms with Crippen LogP contribution in [0.25, 0.3) is 0 Å². The smallest absolute Gasteiger partial charge is 0.0521 e. The van der Waals surface area contributed by atoms with E-state index in [0.29, 0.717) is 6.04 Å². The Morgan fingerprint density at radius 1 is 1.21 bits per heavy atom. The summed E-state index contributed by atoms with van der Waals surface area (Å²) in [4.78, 5) is 0. The number of hydrogen-bond acceptors (Lipinski definition) is 2. The van der Waals surface area contributed by atoms with Crippen molar-refractivity contribution in [2.45, 2.75) is 70.8 Å². The van der Waals surface area contributed by atoms with Gasteiger partial charge >= 0.3 is 0 Å². The maximum absolute atomic E-state index is 4.59. The van der Waals surface area contributed by atoms with Crippen LogP contribution in [-0.2, 0) is 6.42 Å². The predicted molar refractivity (Wildman–Crippen MR) is 80.4 cm³/mol. The highest BCUT2D eigenvalue weighted by atomic mass is 15.3. The van der Waals surface area contributed by atoms with Gasteiger partial charge in [0.15, 0.2) is 0 Å². The first-order valence-corrected chi connectivity index (χ1v) is 8.14. The van der Waals surface area contributed by atoms with Gasteiger partial charge in [-0.2, -0.15) is 5.10 Å². The van der Waals surface area contributed by atoms with Crippen molar-refractivity contribution in [3.8, 4) is 0 Å². The summed E-state index contributed by atoms with van der Waals surface area (Å²) in [5.74, 6) is 0. The molecule has 108 valence electrons. The zero-order chi connectivity index (χ0) is 13.3. The number of aryl methyl sites for hydroxylation is 1. The SMILES string of the molecule is CCCNCCCc1cnn(C2CCCCCC2)c1. The van der Waals surface area contributed by atoms with Gasteiger partial charge in [-0.15, -0.1) is 0 Å². The summed E-state index contributed by atoms with van der Waals surface area (Å²) in [5, 5.41) is 8.05. The Morgan fingerprint density at radius 2 is 2.00 bits per heavy atom. The van der Waals surface area contributed by atoms with Crippen LogP contribution in [0.3, 0.4) is 0 Å². The lowest BCUT2D eigenvalue weighted by molar-refractivity contribution is 0.405. The van der Waals surface area contributed by atoms with Gasteiger partial charge in [0.1, 0.15) is 0 Å². The maximum Gasteiger partial charge on any atom is 0.0521 e. The molecule has 3 nitrogen and oxygen atoms in total. The fourth-order valence-electron chi connectivity index (χ4n) is 2.95. The van der Waals surface area contributed by atoms with Crippen molar-refractivity contribution in [3.05, 3.63) is 18.0 Å². The zero-order valence-electron chi connectivity index (χ0n) is 12.4. The quantitative estimate of drug-likeness (QED) is 0.600. The van der Waals surface area contributed by atoms with Gasteiger partial charge < -0.3 is 5.32 Å². The number of nitrogens with one attached hydrogen (secondary N) is 1. The van der Waals surface area contributed by atoms with Crippen LogP contribution in [0.1, 0.15) is 69.9 Å². The fourth-order valence-corrected chi connectivity index (χ4v) is 2.95. The number of hydrogen-bond donors (Lipinski definition) is 1. The molecule has 1 N–H and O–H groups in total. The molecule has 0 saturated heterocycles. The Hall–Kier alpha value is -0.830. The van der Waals surface area contributed by atoms with Crippen LogP contribution < -0.4 is 5.32 Å². The molecule has 3 heteroatoms. The fraction of sp³-hybridized carbons (Fsp3) is 0.812. The Labute approximate surface area is 117 Å². The van der Waals surface area contributed by atoms with Crippen molar-refractivity contribution in [1.82, 2.24) is 15.1 Å². The Bertz CT molecular complexity index is 338. The maximum atomic E-state index is 4.59. The molecule has 19 heavy (non-hydrogen) atoms. The van der Waals surface area contributed by atoms with E-state index in [9.17, 15) is 0 Å². The average molecular weight is 263 g/mol. The number of rotatable bonds is 7. The van der Waals surface area contributed by atoms with Gasteiger partial charge in [0, 0.05) is 6.20 Å². The molecule has 1 aromatic heterocycles. The molecule has 1 saturated carbocycles. The highest BCUT2D eigenvalue weighted by Gasteiger charge is 2.14. The van der Waals surface area contributed by atoms with E-state index in [-0.39, 0.29) is 0 Å². The summed E-state index contributed by atoms with van der Waals surface area (Å²) in [6, 6.07) is 0.662. The lowest BCUT2D eigenvalue weighted by Gasteiger charge is -2.14. The van der Waals surface area contributed by atoms with Gasteiger partial charge in [0.25, 0.3) is 0 Å². The lowest BCUT2D eigenvalue weighted by atomic mass is 10.1. The Morgan fingerprint density at radius 3 is 2.74 bits per heavy atom. The second-order valence-corrected chi connectivity index (χ2v) is 5.83. The van der Waals surface area contributed by atoms with Gasteiger partial charge in [-0.25, -0.2) is 0 Å². The second kappa shape index (κ2) is 8.36. The Balaban J connectivity index is 1.74. The minimum atomic E-state index is 0.662. The predicted octanol–water partition coefficient (Wildman–Crippen LogP) is 3.71. The third-order valence-electron chi connectivity index (χ3n) is 4.10. The monoisotopic (exact) mass is 263 g/mol. The molecule has 1 aromatic rings.